The molecule has 0 N–H and O–H groups in total. The van der Waals surface area contributed by atoms with Crippen molar-refractivity contribution in [3.63, 3.8) is 0 Å². The maximum absolute atomic E-state index is 5.99. The van der Waals surface area contributed by atoms with Gasteiger partial charge in [-0.3, -0.25) is 4.57 Å². The van der Waals surface area contributed by atoms with Crippen LogP contribution in [0.15, 0.2) is 41.6 Å². The Bertz CT molecular complexity index is 1100. The third-order valence-corrected chi connectivity index (χ3v) is 6.28. The summed E-state index contributed by atoms with van der Waals surface area (Å²) in [6.07, 6.45) is 0. The van der Waals surface area contributed by atoms with E-state index >= 15 is 0 Å². The second kappa shape index (κ2) is 13.5. The Labute approximate surface area is 217 Å². The predicted octanol–water partition coefficient (Wildman–Crippen LogP) is 4.69. The molecule has 196 valence electrons. The molecule has 9 nitrogen and oxygen atoms in total. The molecule has 0 aliphatic rings. The maximum Gasteiger partial charge on any atom is 0.196 e. The highest BCUT2D eigenvalue weighted by molar-refractivity contribution is 7.99. The van der Waals surface area contributed by atoms with Crippen LogP contribution in [-0.2, 0) is 9.47 Å². The van der Waals surface area contributed by atoms with Crippen LogP contribution in [0.2, 0.25) is 0 Å². The van der Waals surface area contributed by atoms with Crippen molar-refractivity contribution in [2.45, 2.75) is 24.9 Å². The molecule has 0 saturated heterocycles. The van der Waals surface area contributed by atoms with Crippen LogP contribution in [0.1, 0.15) is 25.3 Å². The average Bonchev–Trinajstić information content (AvgIpc) is 3.29. The molecule has 0 atom stereocenters. The largest absolute Gasteiger partial charge is 0.497 e. The van der Waals surface area contributed by atoms with Crippen molar-refractivity contribution in [1.82, 2.24) is 19.7 Å². The number of nitrogens with zero attached hydrogens (tertiary/aromatic N) is 4. The number of hydrogen-bond acceptors (Lipinski definition) is 9. The summed E-state index contributed by atoms with van der Waals surface area (Å²) in [4.78, 5) is 2.15. The number of hydrogen-bond donors (Lipinski definition) is 0. The lowest BCUT2D eigenvalue weighted by Gasteiger charge is -2.19. The molecule has 1 aromatic heterocycles. The molecule has 3 aromatic rings. The van der Waals surface area contributed by atoms with E-state index in [1.807, 2.05) is 30.3 Å². The van der Waals surface area contributed by atoms with Crippen molar-refractivity contribution in [1.29, 1.82) is 0 Å². The molecule has 0 unspecified atom stereocenters. The summed E-state index contributed by atoms with van der Waals surface area (Å²) in [5.41, 5.74) is 2.73. The first-order valence-electron chi connectivity index (χ1n) is 11.7. The molecule has 0 aliphatic heterocycles. The summed E-state index contributed by atoms with van der Waals surface area (Å²) in [5, 5.41) is 9.98. The lowest BCUT2D eigenvalue weighted by molar-refractivity contribution is 0.0457. The van der Waals surface area contributed by atoms with Gasteiger partial charge in [0.15, 0.2) is 24.6 Å². The fourth-order valence-corrected chi connectivity index (χ4v) is 4.57. The van der Waals surface area contributed by atoms with Gasteiger partial charge >= 0.3 is 0 Å². The highest BCUT2D eigenvalue weighted by Gasteiger charge is 2.23. The van der Waals surface area contributed by atoms with Crippen LogP contribution in [0, 0.1) is 0 Å². The van der Waals surface area contributed by atoms with Gasteiger partial charge in [0.05, 0.1) is 18.4 Å². The minimum Gasteiger partial charge on any atom is -0.497 e. The maximum atomic E-state index is 5.99. The van der Waals surface area contributed by atoms with Gasteiger partial charge in [0.1, 0.15) is 17.2 Å². The number of rotatable bonds is 14. The van der Waals surface area contributed by atoms with Gasteiger partial charge in [-0.15, -0.1) is 10.2 Å². The summed E-state index contributed by atoms with van der Waals surface area (Å²) in [7, 11) is 8.95. The lowest BCUT2D eigenvalue weighted by atomic mass is 9.98. The SMILES string of the molecule is COCOc1cc(OCOC)c(C(C)C)cc1-c1nnc(SCCN(C)C)n1-c1ccc(OC)cc1. The van der Waals surface area contributed by atoms with Gasteiger partial charge in [-0.05, 0) is 55.9 Å². The zero-order valence-corrected chi connectivity index (χ0v) is 22.9. The summed E-state index contributed by atoms with van der Waals surface area (Å²) < 4.78 is 29.6. The van der Waals surface area contributed by atoms with Crippen molar-refractivity contribution in [3.05, 3.63) is 42.0 Å². The van der Waals surface area contributed by atoms with Crippen LogP contribution >= 0.6 is 11.8 Å². The number of thioether (sulfide) groups is 1. The Hall–Kier alpha value is -2.79. The fourth-order valence-electron chi connectivity index (χ4n) is 3.51. The molecule has 0 spiro atoms. The fraction of sp³-hybridized carbons (Fsp3) is 0.462. The van der Waals surface area contributed by atoms with E-state index in [0.29, 0.717) is 17.3 Å². The molecule has 0 amide bonds. The molecule has 3 rings (SSSR count). The zero-order valence-electron chi connectivity index (χ0n) is 22.1. The third-order valence-electron chi connectivity index (χ3n) is 5.37. The van der Waals surface area contributed by atoms with E-state index in [1.165, 1.54) is 0 Å². The van der Waals surface area contributed by atoms with Gasteiger partial charge in [0, 0.05) is 32.6 Å². The second-order valence-corrected chi connectivity index (χ2v) is 9.70. The molecular formula is C26H36N4O5S. The predicted molar refractivity (Wildman–Crippen MR) is 142 cm³/mol. The molecule has 0 saturated carbocycles. The molecule has 10 heteroatoms. The molecule has 0 radical (unpaired) electrons. The van der Waals surface area contributed by atoms with Gasteiger partial charge in [0.25, 0.3) is 0 Å². The molecule has 0 fully saturated rings. The second-order valence-electron chi connectivity index (χ2n) is 8.63. The molecular weight excluding hydrogens is 480 g/mol. The summed E-state index contributed by atoms with van der Waals surface area (Å²) in [6.45, 7) is 5.37. The highest BCUT2D eigenvalue weighted by Crippen LogP contribution is 2.40. The quantitative estimate of drug-likeness (QED) is 0.224. The van der Waals surface area contributed by atoms with Gasteiger partial charge in [0.2, 0.25) is 0 Å². The third kappa shape index (κ3) is 6.91. The van der Waals surface area contributed by atoms with Crippen LogP contribution in [-0.4, -0.2) is 81.0 Å². The van der Waals surface area contributed by atoms with E-state index < -0.39 is 0 Å². The van der Waals surface area contributed by atoms with Gasteiger partial charge in [-0.25, -0.2) is 0 Å². The smallest absolute Gasteiger partial charge is 0.196 e. The Morgan fingerprint density at radius 3 is 2.17 bits per heavy atom. The van der Waals surface area contributed by atoms with E-state index in [0.717, 1.165) is 40.0 Å². The first-order valence-corrected chi connectivity index (χ1v) is 12.7. The molecule has 2 aromatic carbocycles. The Kier molecular flexibility index (Phi) is 10.4. The first kappa shape index (κ1) is 27.8. The van der Waals surface area contributed by atoms with Crippen molar-refractivity contribution in [2.75, 3.05) is 61.3 Å². The van der Waals surface area contributed by atoms with Crippen LogP contribution < -0.4 is 14.2 Å². The van der Waals surface area contributed by atoms with Crippen molar-refractivity contribution >= 4 is 11.8 Å². The van der Waals surface area contributed by atoms with Gasteiger partial charge < -0.3 is 28.6 Å². The normalized spacial score (nSPS) is 11.4. The first-order chi connectivity index (χ1) is 17.4. The molecule has 0 bridgehead atoms. The Balaban J connectivity index is 2.18. The molecule has 36 heavy (non-hydrogen) atoms. The van der Waals surface area contributed by atoms with Crippen molar-refractivity contribution in [3.8, 4) is 34.3 Å². The standard InChI is InChI=1S/C26H36N4O5S/c1-18(2)21-14-22(24(35-17-32-6)15-23(21)34-16-31-5)25-27-28-26(36-13-12-29(3)4)30(25)19-8-10-20(33-7)11-9-19/h8-11,14-15,18H,12-13,16-17H2,1-7H3. The van der Waals surface area contributed by atoms with Gasteiger partial charge in [-0.2, -0.15) is 0 Å². The number of aromatic nitrogens is 3. The monoisotopic (exact) mass is 516 g/mol. The number of ether oxygens (including phenoxy) is 5. The van der Waals surface area contributed by atoms with E-state index in [4.69, 9.17) is 23.7 Å². The zero-order chi connectivity index (χ0) is 26.1. The topological polar surface area (TPSA) is 80.1 Å². The molecule has 1 heterocycles. The summed E-state index contributed by atoms with van der Waals surface area (Å²) in [6, 6.07) is 11.8. The van der Waals surface area contributed by atoms with Crippen molar-refractivity contribution in [2.24, 2.45) is 0 Å². The highest BCUT2D eigenvalue weighted by atomic mass is 32.2. The van der Waals surface area contributed by atoms with E-state index in [2.05, 4.69) is 53.7 Å². The minimum absolute atomic E-state index is 0.0822. The molecule has 0 aliphatic carbocycles. The Morgan fingerprint density at radius 2 is 1.58 bits per heavy atom. The number of methoxy groups -OCH3 is 3. The summed E-state index contributed by atoms with van der Waals surface area (Å²) in [5.74, 6) is 3.78. The summed E-state index contributed by atoms with van der Waals surface area (Å²) >= 11 is 1.65. The van der Waals surface area contributed by atoms with Crippen LogP contribution in [0.25, 0.3) is 17.1 Å². The van der Waals surface area contributed by atoms with Gasteiger partial charge in [-0.1, -0.05) is 25.6 Å². The van der Waals surface area contributed by atoms with E-state index in [1.54, 1.807) is 33.1 Å². The minimum atomic E-state index is 0.0822. The number of benzene rings is 2. The van der Waals surface area contributed by atoms with Crippen molar-refractivity contribution < 1.29 is 23.7 Å². The van der Waals surface area contributed by atoms with Crippen LogP contribution in [0.5, 0.6) is 17.2 Å². The van der Waals surface area contributed by atoms with Crippen LogP contribution in [0.3, 0.4) is 0 Å². The van der Waals surface area contributed by atoms with E-state index in [-0.39, 0.29) is 19.5 Å². The lowest BCUT2D eigenvalue weighted by Crippen LogP contribution is -2.15. The van der Waals surface area contributed by atoms with E-state index in [9.17, 15) is 0 Å². The Morgan fingerprint density at radius 1 is 0.917 bits per heavy atom. The average molecular weight is 517 g/mol. The van der Waals surface area contributed by atoms with Crippen LogP contribution in [0.4, 0.5) is 0 Å².